The molecular formula is C10H14N2O3. The highest BCUT2D eigenvalue weighted by atomic mass is 16.2. The van der Waals surface area contributed by atoms with E-state index in [1.807, 2.05) is 0 Å². The number of aldehydes is 1. The molecule has 0 fully saturated rings. The predicted molar refractivity (Wildman–Crippen MR) is 55.8 cm³/mol. The normalized spacial score (nSPS) is 9.93. The molecule has 0 aromatic rings. The van der Waals surface area contributed by atoms with Crippen LogP contribution in [-0.4, -0.2) is 23.8 Å². The van der Waals surface area contributed by atoms with Crippen molar-refractivity contribution in [1.82, 2.24) is 10.6 Å². The Balaban J connectivity index is 4.78. The van der Waals surface area contributed by atoms with Gasteiger partial charge >= 0.3 is 0 Å². The van der Waals surface area contributed by atoms with Gasteiger partial charge in [0.05, 0.1) is 0 Å². The minimum Gasteiger partial charge on any atom is -0.324 e. The van der Waals surface area contributed by atoms with Gasteiger partial charge in [-0.05, 0) is 18.6 Å². The van der Waals surface area contributed by atoms with Crippen molar-refractivity contribution in [1.29, 1.82) is 0 Å². The van der Waals surface area contributed by atoms with Gasteiger partial charge in [0, 0.05) is 0 Å². The summed E-state index contributed by atoms with van der Waals surface area (Å²) in [6.45, 7) is 8.16. The number of nitrogens with one attached hydrogen (secondary N) is 2. The van der Waals surface area contributed by atoms with Gasteiger partial charge in [-0.1, -0.05) is 20.1 Å². The zero-order valence-electron chi connectivity index (χ0n) is 8.58. The van der Waals surface area contributed by atoms with E-state index in [0.29, 0.717) is 6.29 Å². The third-order valence-electron chi connectivity index (χ3n) is 1.82. The molecule has 0 radical (unpaired) electrons. The van der Waals surface area contributed by atoms with E-state index >= 15 is 0 Å². The van der Waals surface area contributed by atoms with E-state index in [-0.39, 0.29) is 6.42 Å². The lowest BCUT2D eigenvalue weighted by Gasteiger charge is -2.27. The molecule has 5 nitrogen and oxygen atoms in total. The summed E-state index contributed by atoms with van der Waals surface area (Å²) >= 11 is 0. The Hall–Kier alpha value is -1.91. The summed E-state index contributed by atoms with van der Waals surface area (Å²) in [4.78, 5) is 33.0. The van der Waals surface area contributed by atoms with Gasteiger partial charge in [0.25, 0.3) is 0 Å². The summed E-state index contributed by atoms with van der Waals surface area (Å²) in [5.41, 5.74) is -1.39. The Bertz CT molecular complexity index is 275. The number of hydrogen-bond donors (Lipinski definition) is 2. The van der Waals surface area contributed by atoms with Gasteiger partial charge in [0.2, 0.25) is 11.8 Å². The molecule has 0 aromatic heterocycles. The van der Waals surface area contributed by atoms with Crippen molar-refractivity contribution in [2.75, 3.05) is 0 Å². The maximum absolute atomic E-state index is 11.0. The van der Waals surface area contributed by atoms with Crippen molar-refractivity contribution in [3.8, 4) is 0 Å². The van der Waals surface area contributed by atoms with E-state index in [4.69, 9.17) is 0 Å². The quantitative estimate of drug-likeness (QED) is 0.365. The SMILES string of the molecule is C=CC(=O)NC(C=O)(CC)NC(=O)C=C. The van der Waals surface area contributed by atoms with Crippen LogP contribution >= 0.6 is 0 Å². The van der Waals surface area contributed by atoms with Crippen LogP contribution < -0.4 is 10.6 Å². The van der Waals surface area contributed by atoms with Gasteiger partial charge in [-0.25, -0.2) is 0 Å². The lowest BCUT2D eigenvalue weighted by Crippen LogP contribution is -2.61. The number of hydrogen-bond acceptors (Lipinski definition) is 3. The smallest absolute Gasteiger partial charge is 0.245 e. The van der Waals surface area contributed by atoms with Crippen LogP contribution in [-0.2, 0) is 14.4 Å². The van der Waals surface area contributed by atoms with Crippen molar-refractivity contribution >= 4 is 18.1 Å². The first-order valence-electron chi connectivity index (χ1n) is 4.39. The molecule has 82 valence electrons. The fourth-order valence-electron chi connectivity index (χ4n) is 0.892. The number of carbonyl (C=O) groups excluding carboxylic acids is 3. The molecule has 5 heteroatoms. The van der Waals surface area contributed by atoms with Crippen LogP contribution in [0.5, 0.6) is 0 Å². The number of amides is 2. The van der Waals surface area contributed by atoms with E-state index < -0.39 is 17.5 Å². The van der Waals surface area contributed by atoms with Crippen molar-refractivity contribution in [2.24, 2.45) is 0 Å². The molecular weight excluding hydrogens is 196 g/mol. The van der Waals surface area contributed by atoms with E-state index in [1.54, 1.807) is 6.92 Å². The Kier molecular flexibility index (Phi) is 5.01. The summed E-state index contributed by atoms with van der Waals surface area (Å²) in [6.07, 6.45) is 2.74. The third kappa shape index (κ3) is 3.76. The van der Waals surface area contributed by atoms with Crippen molar-refractivity contribution in [2.45, 2.75) is 19.0 Å². The monoisotopic (exact) mass is 210 g/mol. The average molecular weight is 210 g/mol. The molecule has 0 unspecified atom stereocenters. The highest BCUT2D eigenvalue weighted by Crippen LogP contribution is 2.02. The van der Waals surface area contributed by atoms with Crippen LogP contribution in [0.3, 0.4) is 0 Å². The van der Waals surface area contributed by atoms with Crippen LogP contribution in [0, 0.1) is 0 Å². The van der Waals surface area contributed by atoms with E-state index in [9.17, 15) is 14.4 Å². The molecule has 0 heterocycles. The van der Waals surface area contributed by atoms with E-state index in [0.717, 1.165) is 12.2 Å². The van der Waals surface area contributed by atoms with Gasteiger partial charge < -0.3 is 10.6 Å². The standard InChI is InChI=1S/C10H14N2O3/c1-4-8(14)11-10(6-3,7-13)12-9(15)5-2/h4-5,7H,1-2,6H2,3H3,(H,11,14)(H,12,15). The second-order valence-electron chi connectivity index (χ2n) is 2.83. The molecule has 0 spiro atoms. The first-order chi connectivity index (χ1) is 7.03. The fourth-order valence-corrected chi connectivity index (χ4v) is 0.892. The summed E-state index contributed by atoms with van der Waals surface area (Å²) in [5, 5.41) is 4.68. The van der Waals surface area contributed by atoms with Gasteiger partial charge in [-0.2, -0.15) is 0 Å². The topological polar surface area (TPSA) is 75.3 Å². The number of carbonyl (C=O) groups is 3. The molecule has 2 N–H and O–H groups in total. The maximum atomic E-state index is 11.0. The molecule has 0 bridgehead atoms. The third-order valence-corrected chi connectivity index (χ3v) is 1.82. The van der Waals surface area contributed by atoms with Crippen LogP contribution in [0.1, 0.15) is 13.3 Å². The molecule has 0 saturated carbocycles. The van der Waals surface area contributed by atoms with Gasteiger partial charge in [0.1, 0.15) is 0 Å². The van der Waals surface area contributed by atoms with Crippen molar-refractivity contribution < 1.29 is 14.4 Å². The molecule has 0 saturated heterocycles. The highest BCUT2D eigenvalue weighted by Gasteiger charge is 2.29. The van der Waals surface area contributed by atoms with Crippen LogP contribution in [0.25, 0.3) is 0 Å². The summed E-state index contributed by atoms with van der Waals surface area (Å²) < 4.78 is 0. The zero-order valence-corrected chi connectivity index (χ0v) is 8.58. The minimum atomic E-state index is -1.39. The molecule has 0 aliphatic heterocycles. The van der Waals surface area contributed by atoms with Crippen molar-refractivity contribution in [3.05, 3.63) is 25.3 Å². The Morgan fingerprint density at radius 2 is 1.60 bits per heavy atom. The number of rotatable bonds is 6. The summed E-state index contributed by atoms with van der Waals surface area (Å²) in [5.74, 6) is -1.07. The van der Waals surface area contributed by atoms with E-state index in [2.05, 4.69) is 23.8 Å². The van der Waals surface area contributed by atoms with Crippen LogP contribution in [0.4, 0.5) is 0 Å². The zero-order chi connectivity index (χ0) is 11.9. The maximum Gasteiger partial charge on any atom is 0.245 e. The summed E-state index contributed by atoms with van der Waals surface area (Å²) in [6, 6.07) is 0. The van der Waals surface area contributed by atoms with Crippen LogP contribution in [0.15, 0.2) is 25.3 Å². The Morgan fingerprint density at radius 3 is 1.80 bits per heavy atom. The predicted octanol–water partition coefficient (Wildman–Crippen LogP) is -0.104. The molecule has 2 amide bonds. The van der Waals surface area contributed by atoms with Gasteiger partial charge in [0.15, 0.2) is 11.9 Å². The highest BCUT2D eigenvalue weighted by molar-refractivity contribution is 5.94. The van der Waals surface area contributed by atoms with Crippen molar-refractivity contribution in [3.63, 3.8) is 0 Å². The Morgan fingerprint density at radius 1 is 1.20 bits per heavy atom. The van der Waals surface area contributed by atoms with Crippen LogP contribution in [0.2, 0.25) is 0 Å². The first kappa shape index (κ1) is 13.1. The largest absolute Gasteiger partial charge is 0.324 e. The Labute approximate surface area is 88.2 Å². The molecule has 0 aliphatic carbocycles. The minimum absolute atomic E-state index is 0.232. The van der Waals surface area contributed by atoms with Gasteiger partial charge in [-0.15, -0.1) is 0 Å². The molecule has 0 aliphatic rings. The lowest BCUT2D eigenvalue weighted by atomic mass is 10.1. The summed E-state index contributed by atoms with van der Waals surface area (Å²) in [7, 11) is 0. The molecule has 0 aromatic carbocycles. The fraction of sp³-hybridized carbons (Fsp3) is 0.300. The van der Waals surface area contributed by atoms with E-state index in [1.165, 1.54) is 0 Å². The second-order valence-corrected chi connectivity index (χ2v) is 2.83. The second kappa shape index (κ2) is 5.74. The average Bonchev–Trinajstić information content (AvgIpc) is 2.27. The molecule has 0 rings (SSSR count). The molecule has 15 heavy (non-hydrogen) atoms. The lowest BCUT2D eigenvalue weighted by molar-refractivity contribution is -0.128. The first-order valence-corrected chi connectivity index (χ1v) is 4.39. The molecule has 0 atom stereocenters. The van der Waals surface area contributed by atoms with Gasteiger partial charge in [-0.3, -0.25) is 14.4 Å².